The van der Waals surface area contributed by atoms with Gasteiger partial charge in [0.15, 0.2) is 5.11 Å². The number of benzene rings is 2. The van der Waals surface area contributed by atoms with Crippen LogP contribution in [0.1, 0.15) is 24.5 Å². The number of ether oxygens (including phenoxy) is 1. The summed E-state index contributed by atoms with van der Waals surface area (Å²) in [6.45, 7) is 2.54. The number of aryl methyl sites for hydroxylation is 1. The van der Waals surface area contributed by atoms with Crippen LogP contribution in [0.25, 0.3) is 6.08 Å². The second kappa shape index (κ2) is 11.7. The minimum atomic E-state index is -0.325. The monoisotopic (exact) mass is 425 g/mol. The Balaban J connectivity index is 1.85. The van der Waals surface area contributed by atoms with Crippen molar-refractivity contribution in [3.05, 3.63) is 65.7 Å². The molecule has 0 aliphatic carbocycles. The summed E-state index contributed by atoms with van der Waals surface area (Å²) in [7, 11) is 3.48. The number of nitrogens with zero attached hydrogens (tertiary/aromatic N) is 1. The predicted octanol–water partition coefficient (Wildman–Crippen LogP) is 3.63. The summed E-state index contributed by atoms with van der Waals surface area (Å²) in [6.07, 6.45) is 4.20. The van der Waals surface area contributed by atoms with Crippen LogP contribution in [0.4, 0.5) is 5.69 Å². The first-order valence-electron chi connectivity index (χ1n) is 9.69. The molecule has 158 valence electrons. The van der Waals surface area contributed by atoms with Crippen molar-refractivity contribution < 1.29 is 14.3 Å². The average molecular weight is 426 g/mol. The Bertz CT molecular complexity index is 908. The van der Waals surface area contributed by atoms with Crippen molar-refractivity contribution in [3.8, 4) is 5.75 Å². The molecule has 0 aromatic heterocycles. The zero-order chi connectivity index (χ0) is 21.9. The van der Waals surface area contributed by atoms with E-state index in [1.165, 1.54) is 6.08 Å². The van der Waals surface area contributed by atoms with E-state index >= 15 is 0 Å². The molecule has 0 unspecified atom stereocenters. The fourth-order valence-corrected chi connectivity index (χ4v) is 2.83. The summed E-state index contributed by atoms with van der Waals surface area (Å²) >= 11 is 5.22. The molecule has 2 amide bonds. The maximum atomic E-state index is 12.1. The highest BCUT2D eigenvalue weighted by atomic mass is 32.1. The Morgan fingerprint density at radius 3 is 2.53 bits per heavy atom. The highest BCUT2D eigenvalue weighted by Gasteiger charge is 2.06. The standard InChI is InChI=1S/C23H27N3O3S/c1-4-29-20-12-8-17(9-13-20)10-14-21(27)25-23(30)24-19-7-5-6-18(16-19)11-15-22(28)26(2)3/h5-10,12-14,16H,4,11,15H2,1-3H3,(H2,24,25,27,30)/b14-10+. The summed E-state index contributed by atoms with van der Waals surface area (Å²) < 4.78 is 5.39. The molecule has 2 aromatic carbocycles. The minimum absolute atomic E-state index is 0.0791. The van der Waals surface area contributed by atoms with Crippen molar-refractivity contribution in [3.63, 3.8) is 0 Å². The van der Waals surface area contributed by atoms with Crippen molar-refractivity contribution in [2.75, 3.05) is 26.0 Å². The molecule has 0 bridgehead atoms. The zero-order valence-corrected chi connectivity index (χ0v) is 18.3. The van der Waals surface area contributed by atoms with E-state index in [1.807, 2.05) is 55.5 Å². The number of hydrogen-bond acceptors (Lipinski definition) is 4. The van der Waals surface area contributed by atoms with Crippen LogP contribution in [0, 0.1) is 0 Å². The van der Waals surface area contributed by atoms with Gasteiger partial charge in [0.25, 0.3) is 0 Å². The van der Waals surface area contributed by atoms with E-state index in [0.717, 1.165) is 22.6 Å². The number of nitrogens with one attached hydrogen (secondary N) is 2. The molecule has 2 N–H and O–H groups in total. The maximum absolute atomic E-state index is 12.1. The second-order valence-electron chi connectivity index (χ2n) is 6.77. The van der Waals surface area contributed by atoms with Crippen molar-refractivity contribution in [1.29, 1.82) is 0 Å². The van der Waals surface area contributed by atoms with E-state index in [0.29, 0.717) is 19.4 Å². The van der Waals surface area contributed by atoms with Crippen molar-refractivity contribution in [2.45, 2.75) is 19.8 Å². The smallest absolute Gasteiger partial charge is 0.250 e. The molecule has 0 heterocycles. The van der Waals surface area contributed by atoms with Crippen molar-refractivity contribution in [1.82, 2.24) is 10.2 Å². The summed E-state index contributed by atoms with van der Waals surface area (Å²) in [4.78, 5) is 25.4. The molecule has 0 aliphatic rings. The van der Waals surface area contributed by atoms with Gasteiger partial charge in [-0.15, -0.1) is 0 Å². The Morgan fingerprint density at radius 2 is 1.87 bits per heavy atom. The molecular formula is C23H27N3O3S. The number of anilines is 1. The molecule has 30 heavy (non-hydrogen) atoms. The lowest BCUT2D eigenvalue weighted by Gasteiger charge is -2.11. The third kappa shape index (κ3) is 8.05. The van der Waals surface area contributed by atoms with Gasteiger partial charge in [-0.1, -0.05) is 24.3 Å². The summed E-state index contributed by atoms with van der Waals surface area (Å²) in [6, 6.07) is 15.1. The lowest BCUT2D eigenvalue weighted by molar-refractivity contribution is -0.128. The molecule has 7 heteroatoms. The first-order chi connectivity index (χ1) is 14.4. The van der Waals surface area contributed by atoms with Gasteiger partial charge in [-0.2, -0.15) is 0 Å². The third-order valence-corrected chi connectivity index (χ3v) is 4.37. The van der Waals surface area contributed by atoms with Crippen molar-refractivity contribution >= 4 is 40.9 Å². The van der Waals surface area contributed by atoms with Crippen LogP contribution < -0.4 is 15.4 Å². The molecule has 0 spiro atoms. The lowest BCUT2D eigenvalue weighted by atomic mass is 10.1. The predicted molar refractivity (Wildman–Crippen MR) is 124 cm³/mol. The molecule has 0 fully saturated rings. The second-order valence-corrected chi connectivity index (χ2v) is 7.18. The van der Waals surface area contributed by atoms with Crippen LogP contribution in [0.5, 0.6) is 5.75 Å². The lowest BCUT2D eigenvalue weighted by Crippen LogP contribution is -2.32. The maximum Gasteiger partial charge on any atom is 0.250 e. The van der Waals surface area contributed by atoms with Gasteiger partial charge < -0.3 is 15.0 Å². The number of carbonyl (C=O) groups is 2. The van der Waals surface area contributed by atoms with Gasteiger partial charge in [0.05, 0.1) is 6.61 Å². The van der Waals surface area contributed by atoms with Crippen molar-refractivity contribution in [2.24, 2.45) is 0 Å². The number of hydrogen-bond donors (Lipinski definition) is 2. The SMILES string of the molecule is CCOc1ccc(/C=C/C(=O)NC(=S)Nc2cccc(CCC(=O)N(C)C)c2)cc1. The highest BCUT2D eigenvalue weighted by molar-refractivity contribution is 7.80. The molecule has 0 aliphatic heterocycles. The van der Waals surface area contributed by atoms with Crippen LogP contribution in [-0.4, -0.2) is 42.5 Å². The quantitative estimate of drug-likeness (QED) is 0.499. The molecule has 6 nitrogen and oxygen atoms in total. The van der Waals surface area contributed by atoms with Gasteiger partial charge in [-0.3, -0.25) is 14.9 Å². The van der Waals surface area contributed by atoms with Crippen LogP contribution in [0.2, 0.25) is 0 Å². The Hall–Kier alpha value is -3.19. The fraction of sp³-hybridized carbons (Fsp3) is 0.261. The first kappa shape index (κ1) is 23.1. The number of thiocarbonyl (C=S) groups is 1. The first-order valence-corrected chi connectivity index (χ1v) is 10.1. The topological polar surface area (TPSA) is 70.7 Å². The van der Waals surface area contributed by atoms with Gasteiger partial charge in [-0.05, 0) is 67.0 Å². The number of carbonyl (C=O) groups excluding carboxylic acids is 2. The van der Waals surface area contributed by atoms with Crippen LogP contribution in [0.15, 0.2) is 54.6 Å². The molecule has 0 radical (unpaired) electrons. The molecule has 0 saturated heterocycles. The molecule has 0 saturated carbocycles. The largest absolute Gasteiger partial charge is 0.494 e. The fourth-order valence-electron chi connectivity index (χ4n) is 2.61. The van der Waals surface area contributed by atoms with Crippen LogP contribution in [-0.2, 0) is 16.0 Å². The van der Waals surface area contributed by atoms with E-state index in [-0.39, 0.29) is 16.9 Å². The van der Waals surface area contributed by atoms with E-state index < -0.39 is 0 Å². The van der Waals surface area contributed by atoms with Crippen LogP contribution in [0.3, 0.4) is 0 Å². The van der Waals surface area contributed by atoms with E-state index in [1.54, 1.807) is 25.1 Å². The third-order valence-electron chi connectivity index (χ3n) is 4.17. The van der Waals surface area contributed by atoms with E-state index in [2.05, 4.69) is 10.6 Å². The summed E-state index contributed by atoms with van der Waals surface area (Å²) in [5, 5.41) is 5.83. The van der Waals surface area contributed by atoms with Gasteiger partial charge in [0, 0.05) is 32.3 Å². The average Bonchev–Trinajstić information content (AvgIpc) is 2.71. The molecule has 2 aromatic rings. The van der Waals surface area contributed by atoms with Crippen LogP contribution >= 0.6 is 12.2 Å². The number of rotatable bonds is 8. The highest BCUT2D eigenvalue weighted by Crippen LogP contribution is 2.14. The molecule has 2 rings (SSSR count). The Kier molecular flexibility index (Phi) is 9.03. The van der Waals surface area contributed by atoms with Gasteiger partial charge in [0.2, 0.25) is 11.8 Å². The Morgan fingerprint density at radius 1 is 1.13 bits per heavy atom. The zero-order valence-electron chi connectivity index (χ0n) is 17.5. The minimum Gasteiger partial charge on any atom is -0.494 e. The Labute approximate surface area is 182 Å². The van der Waals surface area contributed by atoms with Gasteiger partial charge in [0.1, 0.15) is 5.75 Å². The summed E-state index contributed by atoms with van der Waals surface area (Å²) in [5.41, 5.74) is 2.65. The van der Waals surface area contributed by atoms with E-state index in [4.69, 9.17) is 17.0 Å². The van der Waals surface area contributed by atoms with E-state index in [9.17, 15) is 9.59 Å². The van der Waals surface area contributed by atoms with Gasteiger partial charge >= 0.3 is 0 Å². The summed E-state index contributed by atoms with van der Waals surface area (Å²) in [5.74, 6) is 0.544. The number of amides is 2. The van der Waals surface area contributed by atoms with Gasteiger partial charge in [-0.25, -0.2) is 0 Å². The normalized spacial score (nSPS) is 10.5. The molecule has 0 atom stereocenters. The molecular weight excluding hydrogens is 398 g/mol.